The molecule has 0 radical (unpaired) electrons. The molecule has 1 aliphatic rings. The van der Waals surface area contributed by atoms with Crippen molar-refractivity contribution in [2.45, 2.75) is 6.10 Å². The highest BCUT2D eigenvalue weighted by atomic mass is 127. The van der Waals surface area contributed by atoms with Gasteiger partial charge in [-0.15, -0.1) is 0 Å². The van der Waals surface area contributed by atoms with E-state index in [-0.39, 0.29) is 0 Å². The fraction of sp³-hybridized carbons (Fsp3) is 0.111. The van der Waals surface area contributed by atoms with Crippen LogP contribution in [0.25, 0.3) is 0 Å². The Bertz CT molecular complexity index is 333. The van der Waals surface area contributed by atoms with E-state index in [1.54, 1.807) is 6.08 Å². The summed E-state index contributed by atoms with van der Waals surface area (Å²) in [4.78, 5) is 0. The van der Waals surface area contributed by atoms with Crippen LogP contribution >= 0.6 is 22.6 Å². The number of halogens is 1. The van der Waals surface area contributed by atoms with Crippen molar-refractivity contribution in [1.82, 2.24) is 0 Å². The van der Waals surface area contributed by atoms with E-state index in [0.29, 0.717) is 0 Å². The molecule has 0 saturated heterocycles. The third kappa shape index (κ3) is 1.34. The van der Waals surface area contributed by atoms with E-state index in [4.69, 9.17) is 4.74 Å². The number of aliphatic hydroxyl groups excluding tert-OH is 1. The zero-order valence-electron chi connectivity index (χ0n) is 6.20. The molecule has 0 aliphatic carbocycles. The molecule has 0 fully saturated rings. The lowest BCUT2D eigenvalue weighted by molar-refractivity contribution is 0.213. The number of ether oxygens (including phenoxy) is 1. The first kappa shape index (κ1) is 8.07. The minimum absolute atomic E-state index is 0.525. The Labute approximate surface area is 84.0 Å². The van der Waals surface area contributed by atoms with Crippen molar-refractivity contribution in [3.8, 4) is 5.75 Å². The van der Waals surface area contributed by atoms with Crippen LogP contribution in [0, 0.1) is 3.57 Å². The SMILES string of the molecule is OC1C=COc2ccc(I)cc21. The molecule has 1 aliphatic heterocycles. The number of aliphatic hydroxyl groups is 1. The van der Waals surface area contributed by atoms with Gasteiger partial charge in [0.1, 0.15) is 11.9 Å². The first-order chi connectivity index (χ1) is 5.77. The van der Waals surface area contributed by atoms with Crippen LogP contribution in [0.15, 0.2) is 30.5 Å². The molecule has 62 valence electrons. The van der Waals surface area contributed by atoms with Gasteiger partial charge in [0.15, 0.2) is 0 Å². The molecule has 0 amide bonds. The van der Waals surface area contributed by atoms with E-state index >= 15 is 0 Å². The highest BCUT2D eigenvalue weighted by molar-refractivity contribution is 14.1. The van der Waals surface area contributed by atoms with Gasteiger partial charge in [-0.05, 0) is 46.9 Å². The first-order valence-electron chi connectivity index (χ1n) is 3.58. The van der Waals surface area contributed by atoms with Gasteiger partial charge in [0.05, 0.1) is 6.26 Å². The average molecular weight is 274 g/mol. The smallest absolute Gasteiger partial charge is 0.132 e. The monoisotopic (exact) mass is 274 g/mol. The van der Waals surface area contributed by atoms with Crippen molar-refractivity contribution < 1.29 is 9.84 Å². The molecule has 0 bridgehead atoms. The Kier molecular flexibility index (Phi) is 2.06. The van der Waals surface area contributed by atoms with Gasteiger partial charge >= 0.3 is 0 Å². The summed E-state index contributed by atoms with van der Waals surface area (Å²) in [5.41, 5.74) is 0.837. The predicted molar refractivity (Wildman–Crippen MR) is 53.9 cm³/mol. The minimum atomic E-state index is -0.525. The summed E-state index contributed by atoms with van der Waals surface area (Å²) in [5.74, 6) is 0.741. The van der Waals surface area contributed by atoms with Gasteiger partial charge in [-0.2, -0.15) is 0 Å². The molecule has 1 unspecified atom stereocenters. The summed E-state index contributed by atoms with van der Waals surface area (Å²) in [6.45, 7) is 0. The molecule has 0 aromatic heterocycles. The van der Waals surface area contributed by atoms with Gasteiger partial charge in [-0.1, -0.05) is 0 Å². The molecule has 1 N–H and O–H groups in total. The Balaban J connectivity index is 2.52. The van der Waals surface area contributed by atoms with Crippen LogP contribution in [0.2, 0.25) is 0 Å². The van der Waals surface area contributed by atoms with Crippen LogP contribution in [-0.4, -0.2) is 5.11 Å². The van der Waals surface area contributed by atoms with E-state index in [1.807, 2.05) is 18.2 Å². The van der Waals surface area contributed by atoms with E-state index in [0.717, 1.165) is 14.9 Å². The van der Waals surface area contributed by atoms with Crippen molar-refractivity contribution in [2.24, 2.45) is 0 Å². The van der Waals surface area contributed by atoms with Crippen LogP contribution in [0.5, 0.6) is 5.75 Å². The molecule has 2 rings (SSSR count). The van der Waals surface area contributed by atoms with Gasteiger partial charge in [0.2, 0.25) is 0 Å². The lowest BCUT2D eigenvalue weighted by Gasteiger charge is -2.16. The van der Waals surface area contributed by atoms with E-state index < -0.39 is 6.10 Å². The summed E-state index contributed by atoms with van der Waals surface area (Å²) < 4.78 is 6.31. The molecule has 0 saturated carbocycles. The maximum absolute atomic E-state index is 9.52. The fourth-order valence-electron chi connectivity index (χ4n) is 1.15. The zero-order chi connectivity index (χ0) is 8.55. The lowest BCUT2D eigenvalue weighted by Crippen LogP contribution is -2.02. The first-order valence-corrected chi connectivity index (χ1v) is 4.66. The molecule has 1 heterocycles. The van der Waals surface area contributed by atoms with E-state index in [9.17, 15) is 5.11 Å². The zero-order valence-corrected chi connectivity index (χ0v) is 8.36. The second-order valence-corrected chi connectivity index (χ2v) is 3.82. The lowest BCUT2D eigenvalue weighted by atomic mass is 10.1. The topological polar surface area (TPSA) is 29.5 Å². The van der Waals surface area contributed by atoms with E-state index in [2.05, 4.69) is 22.6 Å². The molecule has 1 atom stereocenters. The largest absolute Gasteiger partial charge is 0.465 e. The van der Waals surface area contributed by atoms with Crippen molar-refractivity contribution in [2.75, 3.05) is 0 Å². The van der Waals surface area contributed by atoms with Gasteiger partial charge in [-0.25, -0.2) is 0 Å². The maximum Gasteiger partial charge on any atom is 0.132 e. The summed E-state index contributed by atoms with van der Waals surface area (Å²) in [7, 11) is 0. The van der Waals surface area contributed by atoms with Gasteiger partial charge in [0, 0.05) is 9.13 Å². The second-order valence-electron chi connectivity index (χ2n) is 2.57. The van der Waals surface area contributed by atoms with E-state index in [1.165, 1.54) is 6.26 Å². The van der Waals surface area contributed by atoms with Gasteiger partial charge in [0.25, 0.3) is 0 Å². The van der Waals surface area contributed by atoms with Gasteiger partial charge < -0.3 is 9.84 Å². The average Bonchev–Trinajstić information content (AvgIpc) is 2.07. The summed E-state index contributed by atoms with van der Waals surface area (Å²) in [6.07, 6.45) is 2.61. The third-order valence-electron chi connectivity index (χ3n) is 1.75. The molecule has 3 heteroatoms. The number of rotatable bonds is 0. The van der Waals surface area contributed by atoms with Gasteiger partial charge in [-0.3, -0.25) is 0 Å². The second kappa shape index (κ2) is 3.06. The van der Waals surface area contributed by atoms with Crippen LogP contribution in [0.1, 0.15) is 11.7 Å². The molecular formula is C9H7IO2. The highest BCUT2D eigenvalue weighted by Gasteiger charge is 2.14. The van der Waals surface area contributed by atoms with Crippen LogP contribution in [0.3, 0.4) is 0 Å². The molecular weight excluding hydrogens is 267 g/mol. The number of benzene rings is 1. The normalized spacial score (nSPS) is 20.0. The Morgan fingerprint density at radius 1 is 1.42 bits per heavy atom. The third-order valence-corrected chi connectivity index (χ3v) is 2.42. The summed E-state index contributed by atoms with van der Waals surface area (Å²) >= 11 is 2.21. The molecule has 12 heavy (non-hydrogen) atoms. The maximum atomic E-state index is 9.52. The van der Waals surface area contributed by atoms with Crippen LogP contribution in [-0.2, 0) is 0 Å². The summed E-state index contributed by atoms with van der Waals surface area (Å²) in [5, 5.41) is 9.52. The molecule has 2 nitrogen and oxygen atoms in total. The van der Waals surface area contributed by atoms with Crippen molar-refractivity contribution in [3.05, 3.63) is 39.7 Å². The fourth-order valence-corrected chi connectivity index (χ4v) is 1.66. The Hall–Kier alpha value is -0.550. The van der Waals surface area contributed by atoms with Crippen molar-refractivity contribution in [3.63, 3.8) is 0 Å². The Morgan fingerprint density at radius 3 is 3.08 bits per heavy atom. The summed E-state index contributed by atoms with van der Waals surface area (Å²) in [6, 6.07) is 5.74. The molecule has 0 spiro atoms. The molecule has 1 aromatic carbocycles. The van der Waals surface area contributed by atoms with Crippen LogP contribution < -0.4 is 4.74 Å². The number of hydrogen-bond donors (Lipinski definition) is 1. The molecule has 1 aromatic rings. The number of hydrogen-bond acceptors (Lipinski definition) is 2. The minimum Gasteiger partial charge on any atom is -0.465 e. The van der Waals surface area contributed by atoms with Crippen molar-refractivity contribution >= 4 is 22.6 Å². The predicted octanol–water partition coefficient (Wildman–Crippen LogP) is 2.23. The quantitative estimate of drug-likeness (QED) is 0.735. The Morgan fingerprint density at radius 2 is 2.25 bits per heavy atom. The highest BCUT2D eigenvalue weighted by Crippen LogP contribution is 2.30. The van der Waals surface area contributed by atoms with Crippen molar-refractivity contribution in [1.29, 1.82) is 0 Å². The number of fused-ring (bicyclic) bond motifs is 1. The standard InChI is InChI=1S/C9H7IO2/c10-6-1-2-9-7(5-6)8(11)3-4-12-9/h1-5,8,11H. The van der Waals surface area contributed by atoms with Crippen LogP contribution in [0.4, 0.5) is 0 Å².